The lowest BCUT2D eigenvalue weighted by Crippen LogP contribution is -2.57. The third kappa shape index (κ3) is 3.57. The van der Waals surface area contributed by atoms with Crippen LogP contribution in [-0.2, 0) is 30.9 Å². The lowest BCUT2D eigenvalue weighted by molar-refractivity contribution is -0.146. The van der Waals surface area contributed by atoms with Gasteiger partial charge in [-0.25, -0.2) is 28.3 Å². The van der Waals surface area contributed by atoms with Crippen molar-refractivity contribution >= 4 is 23.6 Å². The first-order chi connectivity index (χ1) is 18.5. The van der Waals surface area contributed by atoms with E-state index in [-0.39, 0.29) is 17.6 Å². The molecule has 1 aliphatic heterocycles. The van der Waals surface area contributed by atoms with Gasteiger partial charge in [-0.3, -0.25) is 14.4 Å². The Kier molecular flexibility index (Phi) is 6.08. The number of hydrogen-bond acceptors (Lipinski definition) is 8. The molecule has 2 aliphatic carbocycles. The van der Waals surface area contributed by atoms with Crippen LogP contribution >= 0.6 is 0 Å². The van der Waals surface area contributed by atoms with Crippen LogP contribution in [-0.4, -0.2) is 57.3 Å². The van der Waals surface area contributed by atoms with Gasteiger partial charge in [-0.2, -0.15) is 0 Å². The van der Waals surface area contributed by atoms with E-state index in [1.807, 2.05) is 0 Å². The lowest BCUT2D eigenvalue weighted by atomic mass is 9.74. The minimum absolute atomic E-state index is 0.0765. The molecular formula is C27H28N4O8. The molecule has 12 heteroatoms. The van der Waals surface area contributed by atoms with E-state index in [2.05, 4.69) is 5.32 Å². The lowest BCUT2D eigenvalue weighted by Gasteiger charge is -2.37. The quantitative estimate of drug-likeness (QED) is 0.554. The van der Waals surface area contributed by atoms with E-state index in [9.17, 15) is 28.8 Å². The fourth-order valence-electron chi connectivity index (χ4n) is 6.30. The molecule has 2 heterocycles. The van der Waals surface area contributed by atoms with Crippen molar-refractivity contribution in [1.29, 1.82) is 0 Å². The highest BCUT2D eigenvalue weighted by atomic mass is 16.5. The van der Waals surface area contributed by atoms with Gasteiger partial charge in [0.05, 0.1) is 32.2 Å². The molecule has 3 aliphatic rings. The summed E-state index contributed by atoms with van der Waals surface area (Å²) in [6.07, 6.45) is 1.26. The van der Waals surface area contributed by atoms with E-state index in [1.165, 1.54) is 43.6 Å². The molecule has 1 aromatic carbocycles. The molecule has 0 spiro atoms. The Hall–Kier alpha value is -4.48. The number of benzene rings is 1. The van der Waals surface area contributed by atoms with Gasteiger partial charge in [-0.1, -0.05) is 24.3 Å². The summed E-state index contributed by atoms with van der Waals surface area (Å²) in [6, 6.07) is 6.43. The summed E-state index contributed by atoms with van der Waals surface area (Å²) in [5.74, 6) is -4.71. The number of rotatable bonds is 4. The molecule has 5 rings (SSSR count). The number of hydrogen-bond donors (Lipinski definition) is 1. The zero-order valence-electron chi connectivity index (χ0n) is 22.1. The normalized spacial score (nSPS) is 27.2. The number of methoxy groups -OCH3 is 2. The van der Waals surface area contributed by atoms with Gasteiger partial charge in [0, 0.05) is 36.1 Å². The molecule has 0 radical (unpaired) electrons. The first-order valence-electron chi connectivity index (χ1n) is 12.4. The van der Waals surface area contributed by atoms with E-state index in [0.29, 0.717) is 11.1 Å². The summed E-state index contributed by atoms with van der Waals surface area (Å²) in [7, 11) is 3.70. The van der Waals surface area contributed by atoms with Crippen molar-refractivity contribution in [2.24, 2.45) is 18.9 Å². The topological polar surface area (TPSA) is 148 Å². The maximum absolute atomic E-state index is 14.3. The SMILES string of the molecule is COC(=O)C1=C[C@@H](C(=O)OC)[C@@H]2C3=C(C(=O)[C@@]2(C)NC(=O)c2ccccc2)[C@H](C)n2c(=O)n(C)c(=O)n2[C@@H]3C1. The molecule has 204 valence electrons. The Morgan fingerprint density at radius 1 is 1.00 bits per heavy atom. The van der Waals surface area contributed by atoms with Gasteiger partial charge in [-0.15, -0.1) is 0 Å². The van der Waals surface area contributed by atoms with Crippen molar-refractivity contribution < 1.29 is 28.7 Å². The summed E-state index contributed by atoms with van der Waals surface area (Å²) < 4.78 is 13.4. The van der Waals surface area contributed by atoms with Crippen LogP contribution < -0.4 is 16.7 Å². The van der Waals surface area contributed by atoms with Crippen LogP contribution in [0.25, 0.3) is 0 Å². The molecule has 39 heavy (non-hydrogen) atoms. The Bertz CT molecular complexity index is 1610. The van der Waals surface area contributed by atoms with Crippen molar-refractivity contribution in [2.45, 2.75) is 37.9 Å². The van der Waals surface area contributed by atoms with Gasteiger partial charge < -0.3 is 14.8 Å². The van der Waals surface area contributed by atoms with Crippen LogP contribution in [0.4, 0.5) is 0 Å². The third-order valence-electron chi connectivity index (χ3n) is 8.10. The van der Waals surface area contributed by atoms with Crippen LogP contribution in [0.3, 0.4) is 0 Å². The average molecular weight is 537 g/mol. The van der Waals surface area contributed by atoms with Gasteiger partial charge in [0.2, 0.25) is 0 Å². The zero-order chi connectivity index (χ0) is 28.4. The first kappa shape index (κ1) is 26.1. The summed E-state index contributed by atoms with van der Waals surface area (Å²) in [5, 5.41) is 2.84. The summed E-state index contributed by atoms with van der Waals surface area (Å²) in [5.41, 5.74) is -1.97. The predicted octanol–water partition coefficient (Wildman–Crippen LogP) is 0.441. The summed E-state index contributed by atoms with van der Waals surface area (Å²) in [4.78, 5) is 80.2. The average Bonchev–Trinajstić information content (AvgIpc) is 3.20. The molecule has 1 aromatic heterocycles. The second-order valence-electron chi connectivity index (χ2n) is 10.1. The number of nitrogens with zero attached hydrogens (tertiary/aromatic N) is 3. The van der Waals surface area contributed by atoms with Gasteiger partial charge in [0.15, 0.2) is 5.78 Å². The highest BCUT2D eigenvalue weighted by Crippen LogP contribution is 2.54. The molecule has 1 amide bonds. The molecule has 2 aromatic rings. The number of fused-ring (bicyclic) bond motifs is 2. The summed E-state index contributed by atoms with van der Waals surface area (Å²) in [6.45, 7) is 3.13. The molecule has 0 saturated heterocycles. The van der Waals surface area contributed by atoms with Gasteiger partial charge in [-0.05, 0) is 31.6 Å². The Labute approximate surface area is 222 Å². The van der Waals surface area contributed by atoms with Gasteiger partial charge in [0.25, 0.3) is 5.91 Å². The third-order valence-corrected chi connectivity index (χ3v) is 8.10. The van der Waals surface area contributed by atoms with Crippen LogP contribution in [0.15, 0.2) is 62.7 Å². The van der Waals surface area contributed by atoms with Gasteiger partial charge in [0.1, 0.15) is 5.54 Å². The zero-order valence-corrected chi connectivity index (χ0v) is 22.1. The Balaban J connectivity index is 1.79. The number of ketones is 1. The second kappa shape index (κ2) is 9.07. The van der Waals surface area contributed by atoms with Crippen LogP contribution in [0, 0.1) is 11.8 Å². The highest BCUT2D eigenvalue weighted by molar-refractivity contribution is 6.11. The number of nitrogens with one attached hydrogen (secondary N) is 1. The number of carbonyl (C=O) groups is 4. The molecule has 12 nitrogen and oxygen atoms in total. The minimum atomic E-state index is -1.68. The Morgan fingerprint density at radius 2 is 1.64 bits per heavy atom. The van der Waals surface area contributed by atoms with E-state index < -0.39 is 64.5 Å². The fraction of sp³-hybridized carbons (Fsp3) is 0.407. The van der Waals surface area contributed by atoms with Crippen LogP contribution in [0.5, 0.6) is 0 Å². The number of aromatic nitrogens is 3. The monoisotopic (exact) mass is 536 g/mol. The number of ether oxygens (including phenoxy) is 2. The maximum Gasteiger partial charge on any atom is 0.347 e. The molecule has 0 fully saturated rings. The number of amides is 1. The first-order valence-corrected chi connectivity index (χ1v) is 12.4. The second-order valence-corrected chi connectivity index (χ2v) is 10.1. The number of esters is 2. The van der Waals surface area contributed by atoms with Crippen molar-refractivity contribution in [1.82, 2.24) is 19.2 Å². The standard InChI is InChI=1S/C27H28N4O8/c1-13-18-19-17(31-26(37)29(3)25(36)30(13)31)12-15(23(34)38-4)11-16(24(35)39-5)20(19)27(2,21(18)32)28-22(33)14-9-7-6-8-10-14/h6-11,13,16-17,20H,12H2,1-5H3,(H,28,33)/t13-,16+,17+,20+,27-/m0/s1. The van der Waals surface area contributed by atoms with E-state index in [1.54, 1.807) is 37.3 Å². The minimum Gasteiger partial charge on any atom is -0.469 e. The predicted molar refractivity (Wildman–Crippen MR) is 136 cm³/mol. The van der Waals surface area contributed by atoms with Gasteiger partial charge >= 0.3 is 23.3 Å². The fourth-order valence-corrected chi connectivity index (χ4v) is 6.30. The van der Waals surface area contributed by atoms with E-state index in [4.69, 9.17) is 9.47 Å². The molecule has 0 bridgehead atoms. The van der Waals surface area contributed by atoms with Crippen molar-refractivity contribution in [3.8, 4) is 0 Å². The molecule has 0 saturated carbocycles. The van der Waals surface area contributed by atoms with Crippen molar-refractivity contribution in [3.05, 3.63) is 79.7 Å². The molecular weight excluding hydrogens is 508 g/mol. The summed E-state index contributed by atoms with van der Waals surface area (Å²) >= 11 is 0. The smallest absolute Gasteiger partial charge is 0.347 e. The van der Waals surface area contributed by atoms with E-state index in [0.717, 1.165) is 4.57 Å². The van der Waals surface area contributed by atoms with Crippen molar-refractivity contribution in [3.63, 3.8) is 0 Å². The van der Waals surface area contributed by atoms with E-state index >= 15 is 0 Å². The number of Topliss-reactive ketones (excluding diaryl/α,β-unsaturated/α-hetero) is 1. The number of carbonyl (C=O) groups excluding carboxylic acids is 4. The molecule has 5 atom stereocenters. The van der Waals surface area contributed by atoms with Crippen LogP contribution in [0.1, 0.15) is 42.7 Å². The molecule has 0 unspecified atom stereocenters. The van der Waals surface area contributed by atoms with Crippen molar-refractivity contribution in [2.75, 3.05) is 14.2 Å². The maximum atomic E-state index is 14.3. The largest absolute Gasteiger partial charge is 0.469 e. The van der Waals surface area contributed by atoms with Crippen LogP contribution in [0.2, 0.25) is 0 Å². The molecule has 1 N–H and O–H groups in total. The highest BCUT2D eigenvalue weighted by Gasteiger charge is 2.62. The Morgan fingerprint density at radius 3 is 2.26 bits per heavy atom.